The van der Waals surface area contributed by atoms with E-state index in [9.17, 15) is 4.79 Å². The van der Waals surface area contributed by atoms with Gasteiger partial charge in [-0.3, -0.25) is 4.79 Å². The first kappa shape index (κ1) is 15.8. The Hall–Kier alpha value is -2.74. The molecule has 126 valence electrons. The van der Waals surface area contributed by atoms with Crippen LogP contribution in [0.4, 0.5) is 0 Å². The van der Waals surface area contributed by atoms with Gasteiger partial charge in [-0.05, 0) is 60.1 Å². The first-order valence-electron chi connectivity index (χ1n) is 7.68. The van der Waals surface area contributed by atoms with Gasteiger partial charge in [0.2, 0.25) is 5.82 Å². The Balaban J connectivity index is 1.81. The zero-order valence-electron chi connectivity index (χ0n) is 13.5. The zero-order chi connectivity index (χ0) is 17.6. The summed E-state index contributed by atoms with van der Waals surface area (Å²) in [6.45, 7) is 4.22. The second-order valence-corrected chi connectivity index (χ2v) is 6.26. The molecule has 0 aliphatic rings. The van der Waals surface area contributed by atoms with Crippen LogP contribution in [-0.2, 0) is 6.54 Å². The van der Waals surface area contributed by atoms with E-state index in [0.717, 1.165) is 11.1 Å². The predicted octanol–water partition coefficient (Wildman–Crippen LogP) is 3.80. The molecule has 0 unspecified atom stereocenters. The summed E-state index contributed by atoms with van der Waals surface area (Å²) in [7, 11) is 0. The molecule has 0 bridgehead atoms. The normalized spacial score (nSPS) is 11.3. The molecule has 0 fully saturated rings. The van der Waals surface area contributed by atoms with Gasteiger partial charge in [0.15, 0.2) is 10.4 Å². The van der Waals surface area contributed by atoms with Crippen LogP contribution in [0.5, 0.6) is 0 Å². The Morgan fingerprint density at radius 2 is 2.04 bits per heavy atom. The molecule has 3 heterocycles. The monoisotopic (exact) mass is 400 g/mol. The van der Waals surface area contributed by atoms with Crippen molar-refractivity contribution in [1.29, 1.82) is 0 Å². The molecule has 25 heavy (non-hydrogen) atoms. The predicted molar refractivity (Wildman–Crippen MR) is 95.1 cm³/mol. The van der Waals surface area contributed by atoms with E-state index in [1.807, 2.05) is 25.1 Å². The second kappa shape index (κ2) is 5.96. The lowest BCUT2D eigenvalue weighted by Crippen LogP contribution is -2.23. The molecule has 8 heteroatoms. The highest BCUT2D eigenvalue weighted by Gasteiger charge is 2.15. The average Bonchev–Trinajstić information content (AvgIpc) is 3.24. The fraction of sp³-hybridized carbons (Fsp3) is 0.176. The van der Waals surface area contributed by atoms with Crippen LogP contribution in [0.25, 0.3) is 34.1 Å². The Labute approximate surface area is 150 Å². The number of hydrogen-bond acceptors (Lipinski definition) is 6. The third-order valence-electron chi connectivity index (χ3n) is 3.89. The molecule has 1 aromatic carbocycles. The highest BCUT2D eigenvalue weighted by molar-refractivity contribution is 9.10. The summed E-state index contributed by atoms with van der Waals surface area (Å²) in [4.78, 5) is 20.9. The van der Waals surface area contributed by atoms with Crippen LogP contribution in [0, 0.1) is 6.92 Å². The largest absolute Gasteiger partial charge is 0.444 e. The summed E-state index contributed by atoms with van der Waals surface area (Å²) in [5, 5.41) is 4.00. The molecule has 0 N–H and O–H groups in total. The van der Waals surface area contributed by atoms with Crippen molar-refractivity contribution >= 4 is 27.0 Å². The Kier molecular flexibility index (Phi) is 3.76. The molecular weight excluding hydrogens is 388 g/mol. The van der Waals surface area contributed by atoms with E-state index in [1.165, 1.54) is 0 Å². The molecule has 0 spiro atoms. The summed E-state index contributed by atoms with van der Waals surface area (Å²) >= 11 is 3.24. The Morgan fingerprint density at radius 1 is 1.20 bits per heavy atom. The van der Waals surface area contributed by atoms with Crippen LogP contribution < -0.4 is 5.56 Å². The first-order valence-corrected chi connectivity index (χ1v) is 8.47. The fourth-order valence-electron chi connectivity index (χ4n) is 2.70. The quantitative estimate of drug-likeness (QED) is 0.519. The van der Waals surface area contributed by atoms with Gasteiger partial charge in [0.05, 0.1) is 11.0 Å². The van der Waals surface area contributed by atoms with Crippen molar-refractivity contribution in [2.45, 2.75) is 20.4 Å². The highest BCUT2D eigenvalue weighted by Crippen LogP contribution is 2.27. The minimum atomic E-state index is -0.0759. The van der Waals surface area contributed by atoms with Crippen LogP contribution in [0.15, 0.2) is 48.7 Å². The summed E-state index contributed by atoms with van der Waals surface area (Å²) in [6.07, 6.45) is 0. The fourth-order valence-corrected chi connectivity index (χ4v) is 3.00. The maximum absolute atomic E-state index is 12.2. The smallest absolute Gasteiger partial charge is 0.293 e. The van der Waals surface area contributed by atoms with Gasteiger partial charge in [0, 0.05) is 12.1 Å². The second-order valence-electron chi connectivity index (χ2n) is 5.48. The van der Waals surface area contributed by atoms with E-state index in [4.69, 9.17) is 8.94 Å². The molecule has 4 rings (SSSR count). The van der Waals surface area contributed by atoms with Gasteiger partial charge in [-0.2, -0.15) is 4.98 Å². The number of rotatable bonds is 3. The minimum Gasteiger partial charge on any atom is -0.444 e. The van der Waals surface area contributed by atoms with Crippen molar-refractivity contribution in [3.63, 3.8) is 0 Å². The molecule has 0 radical (unpaired) electrons. The van der Waals surface area contributed by atoms with Gasteiger partial charge < -0.3 is 13.5 Å². The van der Waals surface area contributed by atoms with Gasteiger partial charge in [0.1, 0.15) is 5.69 Å². The SMILES string of the molecule is CCn1c(=O)c(C)nc2cc(-c3noc(-c4ccc(Br)o4)n3)ccc21. The van der Waals surface area contributed by atoms with Crippen LogP contribution in [0.1, 0.15) is 12.6 Å². The summed E-state index contributed by atoms with van der Waals surface area (Å²) in [5.41, 5.74) is 2.62. The first-order chi connectivity index (χ1) is 12.1. The van der Waals surface area contributed by atoms with E-state index >= 15 is 0 Å². The molecule has 0 atom stereocenters. The van der Waals surface area contributed by atoms with Crippen LogP contribution >= 0.6 is 15.9 Å². The maximum Gasteiger partial charge on any atom is 0.293 e. The number of hydrogen-bond donors (Lipinski definition) is 0. The van der Waals surface area contributed by atoms with Crippen molar-refractivity contribution in [1.82, 2.24) is 19.7 Å². The minimum absolute atomic E-state index is 0.0759. The third-order valence-corrected chi connectivity index (χ3v) is 4.32. The van der Waals surface area contributed by atoms with Crippen LogP contribution in [-0.4, -0.2) is 19.7 Å². The number of nitrogens with zero attached hydrogens (tertiary/aromatic N) is 4. The van der Waals surface area contributed by atoms with Crippen LogP contribution in [0.2, 0.25) is 0 Å². The van der Waals surface area contributed by atoms with Crippen molar-refractivity contribution in [2.24, 2.45) is 0 Å². The molecule has 4 aromatic rings. The average molecular weight is 401 g/mol. The van der Waals surface area contributed by atoms with Crippen molar-refractivity contribution in [3.05, 3.63) is 51.0 Å². The van der Waals surface area contributed by atoms with Gasteiger partial charge >= 0.3 is 0 Å². The van der Waals surface area contributed by atoms with Gasteiger partial charge in [-0.25, -0.2) is 4.98 Å². The third kappa shape index (κ3) is 2.68. The molecule has 3 aromatic heterocycles. The molecule has 0 amide bonds. The number of benzene rings is 1. The number of fused-ring (bicyclic) bond motifs is 1. The Morgan fingerprint density at radius 3 is 2.76 bits per heavy atom. The molecular formula is C17H13BrN4O3. The Bertz CT molecular complexity index is 1140. The maximum atomic E-state index is 12.2. The lowest BCUT2D eigenvalue weighted by atomic mass is 10.1. The summed E-state index contributed by atoms with van der Waals surface area (Å²) in [5.74, 6) is 1.21. The van der Waals surface area contributed by atoms with E-state index in [2.05, 4.69) is 31.1 Å². The van der Waals surface area contributed by atoms with Crippen molar-refractivity contribution < 1.29 is 8.94 Å². The van der Waals surface area contributed by atoms with E-state index in [1.54, 1.807) is 23.6 Å². The zero-order valence-corrected chi connectivity index (χ0v) is 15.1. The van der Waals surface area contributed by atoms with Gasteiger partial charge in [-0.15, -0.1) is 0 Å². The highest BCUT2D eigenvalue weighted by atomic mass is 79.9. The lowest BCUT2D eigenvalue weighted by Gasteiger charge is -2.09. The molecule has 0 aliphatic carbocycles. The number of halogens is 1. The van der Waals surface area contributed by atoms with Crippen molar-refractivity contribution in [2.75, 3.05) is 0 Å². The molecule has 0 aliphatic heterocycles. The lowest BCUT2D eigenvalue weighted by molar-refractivity contribution is 0.414. The topological polar surface area (TPSA) is 87.0 Å². The van der Waals surface area contributed by atoms with E-state index in [0.29, 0.717) is 39.9 Å². The molecule has 0 saturated heterocycles. The van der Waals surface area contributed by atoms with Gasteiger partial charge in [-0.1, -0.05) is 5.16 Å². The number of aryl methyl sites for hydroxylation is 2. The summed E-state index contributed by atoms with van der Waals surface area (Å²) in [6, 6.07) is 9.04. The number of furan rings is 1. The molecule has 0 saturated carbocycles. The van der Waals surface area contributed by atoms with Crippen LogP contribution in [0.3, 0.4) is 0 Å². The molecule has 7 nitrogen and oxygen atoms in total. The van der Waals surface area contributed by atoms with Crippen molar-refractivity contribution in [3.8, 4) is 23.0 Å². The van der Waals surface area contributed by atoms with E-state index < -0.39 is 0 Å². The standard InChI is InChI=1S/C17H13BrN4O3/c1-3-22-12-5-4-10(8-11(12)19-9(2)17(22)23)15-20-16(25-21-15)13-6-7-14(18)24-13/h4-8H,3H2,1-2H3. The van der Waals surface area contributed by atoms with E-state index in [-0.39, 0.29) is 5.56 Å². The number of aromatic nitrogens is 4. The van der Waals surface area contributed by atoms with Gasteiger partial charge in [0.25, 0.3) is 11.4 Å². The summed E-state index contributed by atoms with van der Waals surface area (Å²) < 4.78 is 13.0.